The number of carboxylic acids is 1. The number of H-pyrrole nitrogens is 2. The van der Waals surface area contributed by atoms with Gasteiger partial charge in [-0.05, 0) is 18.2 Å². The third-order valence-electron chi connectivity index (χ3n) is 1.98. The molecule has 8 nitrogen and oxygen atoms in total. The summed E-state index contributed by atoms with van der Waals surface area (Å²) in [6.45, 7) is 0. The van der Waals surface area contributed by atoms with E-state index in [-0.39, 0.29) is 17.1 Å². The molecule has 5 N–H and O–H groups in total. The molecule has 9 heteroatoms. The van der Waals surface area contributed by atoms with Crippen LogP contribution in [0.4, 0.5) is 4.39 Å². The fourth-order valence-corrected chi connectivity index (χ4v) is 1.09. The molecule has 1 aromatic carbocycles. The summed E-state index contributed by atoms with van der Waals surface area (Å²) in [6, 6.07) is 3.32. The molecule has 0 saturated carbocycles. The van der Waals surface area contributed by atoms with Crippen LogP contribution in [0.2, 0.25) is 0 Å². The van der Waals surface area contributed by atoms with E-state index in [0.717, 1.165) is 12.1 Å². The maximum atomic E-state index is 12.0. The molecule has 0 aliphatic heterocycles. The van der Waals surface area contributed by atoms with Gasteiger partial charge in [-0.2, -0.15) is 4.39 Å². The van der Waals surface area contributed by atoms with Crippen molar-refractivity contribution >= 4 is 5.97 Å². The van der Waals surface area contributed by atoms with E-state index < -0.39 is 23.0 Å². The summed E-state index contributed by atoms with van der Waals surface area (Å²) < 4.78 is 12.0. The highest BCUT2D eigenvalue weighted by Crippen LogP contribution is 2.21. The first kappa shape index (κ1) is 15.0. The van der Waals surface area contributed by atoms with Gasteiger partial charge >= 0.3 is 11.7 Å². The number of halogens is 1. The number of carboxylic acid groups (broad SMARTS) is 1. The topological polar surface area (TPSA) is 143 Å². The van der Waals surface area contributed by atoms with E-state index in [2.05, 4.69) is 0 Å². The maximum absolute atomic E-state index is 12.0. The average Bonchev–Trinajstić information content (AvgIpc) is 2.38. The van der Waals surface area contributed by atoms with Gasteiger partial charge in [-0.3, -0.25) is 9.78 Å². The predicted octanol–water partition coefficient (Wildman–Crippen LogP) is -0.00170. The highest BCUT2D eigenvalue weighted by Gasteiger charge is 2.08. The van der Waals surface area contributed by atoms with E-state index in [4.69, 9.17) is 15.3 Å². The van der Waals surface area contributed by atoms with Crippen molar-refractivity contribution in [2.24, 2.45) is 0 Å². The summed E-state index contributed by atoms with van der Waals surface area (Å²) >= 11 is 0. The van der Waals surface area contributed by atoms with E-state index in [9.17, 15) is 18.8 Å². The van der Waals surface area contributed by atoms with Crippen molar-refractivity contribution in [3.63, 3.8) is 0 Å². The number of hydrogen-bond donors (Lipinski definition) is 5. The fraction of sp³-hybridized carbons (Fsp3) is 0. The molecule has 0 radical (unpaired) electrons. The maximum Gasteiger partial charge on any atom is 0.339 e. The number of carbonyl (C=O) groups is 1. The lowest BCUT2D eigenvalue weighted by molar-refractivity contribution is 0.0693. The standard InChI is InChI=1S/C7H6O4.C4H3FN2O2/c8-4-1-2-6(9)5(3-4)7(10)11;5-2-1-6-4(9)7-3(2)8/h1-3,8-9H,(H,10,11);1H,(H2,6,7,8,9). The quantitative estimate of drug-likeness (QED) is 0.466. The molecule has 0 saturated heterocycles. The minimum Gasteiger partial charge on any atom is -0.508 e. The van der Waals surface area contributed by atoms with E-state index in [0.29, 0.717) is 6.20 Å². The summed E-state index contributed by atoms with van der Waals surface area (Å²) in [5, 5.41) is 26.1. The Morgan fingerprint density at radius 2 is 1.85 bits per heavy atom. The zero-order chi connectivity index (χ0) is 15.3. The van der Waals surface area contributed by atoms with Crippen LogP contribution in [-0.4, -0.2) is 31.3 Å². The van der Waals surface area contributed by atoms with Crippen LogP contribution >= 0.6 is 0 Å². The number of aromatic hydroxyl groups is 2. The lowest BCUT2D eigenvalue weighted by Crippen LogP contribution is -2.23. The Labute approximate surface area is 109 Å². The second-order valence-electron chi connectivity index (χ2n) is 3.43. The zero-order valence-electron chi connectivity index (χ0n) is 9.75. The second kappa shape index (κ2) is 6.18. The molecular weight excluding hydrogens is 275 g/mol. The molecule has 0 aliphatic rings. The van der Waals surface area contributed by atoms with Gasteiger partial charge in [0.25, 0.3) is 5.56 Å². The van der Waals surface area contributed by atoms with E-state index in [1.165, 1.54) is 6.07 Å². The Balaban J connectivity index is 0.000000204. The van der Waals surface area contributed by atoms with Gasteiger partial charge in [0.2, 0.25) is 5.82 Å². The summed E-state index contributed by atoms with van der Waals surface area (Å²) in [4.78, 5) is 34.3. The number of aromatic carboxylic acids is 1. The first-order chi connectivity index (χ1) is 9.31. The molecular formula is C11H9FN2O6. The van der Waals surface area contributed by atoms with Gasteiger partial charge in [-0.25, -0.2) is 9.59 Å². The number of hydrogen-bond acceptors (Lipinski definition) is 5. The molecule has 0 amide bonds. The monoisotopic (exact) mass is 284 g/mol. The van der Waals surface area contributed by atoms with E-state index >= 15 is 0 Å². The average molecular weight is 284 g/mol. The fourth-order valence-electron chi connectivity index (χ4n) is 1.09. The molecule has 0 aliphatic carbocycles. The van der Waals surface area contributed by atoms with Gasteiger partial charge in [0.1, 0.15) is 17.1 Å². The lowest BCUT2D eigenvalue weighted by Gasteiger charge is -1.98. The summed E-state index contributed by atoms with van der Waals surface area (Å²) in [5.74, 6) is -2.79. The number of nitrogens with one attached hydrogen (secondary N) is 2. The third kappa shape index (κ3) is 3.98. The smallest absolute Gasteiger partial charge is 0.339 e. The first-order valence-corrected chi connectivity index (χ1v) is 5.04. The van der Waals surface area contributed by atoms with Crippen LogP contribution in [0.3, 0.4) is 0 Å². The molecule has 1 heterocycles. The van der Waals surface area contributed by atoms with E-state index in [1.807, 2.05) is 4.98 Å². The first-order valence-electron chi connectivity index (χ1n) is 5.04. The third-order valence-corrected chi connectivity index (χ3v) is 1.98. The number of aromatic amines is 2. The minimum atomic E-state index is -1.27. The lowest BCUT2D eigenvalue weighted by atomic mass is 10.2. The van der Waals surface area contributed by atoms with Crippen molar-refractivity contribution < 1.29 is 24.5 Å². The van der Waals surface area contributed by atoms with Crippen molar-refractivity contribution in [2.75, 3.05) is 0 Å². The second-order valence-corrected chi connectivity index (χ2v) is 3.43. The molecule has 2 aromatic rings. The Hall–Kier alpha value is -3.10. The summed E-state index contributed by atoms with van der Waals surface area (Å²) in [6.07, 6.45) is 0.709. The number of phenolic OH excluding ortho intramolecular Hbond substituents is 1. The summed E-state index contributed by atoms with van der Waals surface area (Å²) in [5.41, 5.74) is -2.01. The highest BCUT2D eigenvalue weighted by atomic mass is 19.1. The van der Waals surface area contributed by atoms with Crippen LogP contribution in [0, 0.1) is 5.82 Å². The zero-order valence-corrected chi connectivity index (χ0v) is 9.75. The molecule has 0 fully saturated rings. The largest absolute Gasteiger partial charge is 0.508 e. The molecule has 106 valence electrons. The molecule has 20 heavy (non-hydrogen) atoms. The number of benzene rings is 1. The van der Waals surface area contributed by atoms with Crippen LogP contribution in [0.1, 0.15) is 10.4 Å². The van der Waals surface area contributed by atoms with Crippen molar-refractivity contribution in [1.29, 1.82) is 0 Å². The van der Waals surface area contributed by atoms with Crippen molar-refractivity contribution in [2.45, 2.75) is 0 Å². The summed E-state index contributed by atoms with van der Waals surface area (Å²) in [7, 11) is 0. The van der Waals surface area contributed by atoms with Gasteiger partial charge in [0.05, 0.1) is 0 Å². The predicted molar refractivity (Wildman–Crippen MR) is 64.4 cm³/mol. The highest BCUT2D eigenvalue weighted by molar-refractivity contribution is 5.91. The Bertz CT molecular complexity index is 736. The Morgan fingerprint density at radius 1 is 1.20 bits per heavy atom. The molecule has 0 spiro atoms. The normalized spacial score (nSPS) is 9.45. The van der Waals surface area contributed by atoms with Crippen LogP contribution in [0.5, 0.6) is 11.5 Å². The van der Waals surface area contributed by atoms with E-state index in [1.54, 1.807) is 4.98 Å². The van der Waals surface area contributed by atoms with Crippen LogP contribution in [-0.2, 0) is 0 Å². The van der Waals surface area contributed by atoms with Crippen LogP contribution in [0.15, 0.2) is 34.0 Å². The van der Waals surface area contributed by atoms with Crippen molar-refractivity contribution in [3.05, 3.63) is 56.6 Å². The van der Waals surface area contributed by atoms with Crippen LogP contribution < -0.4 is 11.2 Å². The molecule has 0 unspecified atom stereocenters. The van der Waals surface area contributed by atoms with Crippen LogP contribution in [0.25, 0.3) is 0 Å². The Kier molecular flexibility index (Phi) is 4.62. The van der Waals surface area contributed by atoms with Gasteiger partial charge in [-0.1, -0.05) is 0 Å². The van der Waals surface area contributed by atoms with Crippen molar-refractivity contribution in [3.8, 4) is 11.5 Å². The SMILES string of the molecule is O=C(O)c1cc(O)ccc1O.O=c1[nH]cc(F)c(=O)[nH]1. The Morgan fingerprint density at radius 3 is 2.30 bits per heavy atom. The van der Waals surface area contributed by atoms with Gasteiger partial charge in [0, 0.05) is 6.20 Å². The molecule has 0 bridgehead atoms. The number of phenols is 2. The van der Waals surface area contributed by atoms with Gasteiger partial charge < -0.3 is 20.3 Å². The molecule has 1 aromatic heterocycles. The molecule has 2 rings (SSSR count). The number of aromatic nitrogens is 2. The minimum absolute atomic E-state index is 0.180. The number of rotatable bonds is 1. The molecule has 0 atom stereocenters. The van der Waals surface area contributed by atoms with Crippen molar-refractivity contribution in [1.82, 2.24) is 9.97 Å². The van der Waals surface area contributed by atoms with Gasteiger partial charge in [-0.15, -0.1) is 0 Å². The van der Waals surface area contributed by atoms with Gasteiger partial charge in [0.15, 0.2) is 0 Å².